The number of carbonyl (C=O) groups excluding carboxylic acids is 1. The average Bonchev–Trinajstić information content (AvgIpc) is 2.36. The fraction of sp³-hybridized carbons (Fsp3) is 0.500. The molecule has 0 saturated carbocycles. The van der Waals surface area contributed by atoms with Gasteiger partial charge in [-0.1, -0.05) is 0 Å². The Morgan fingerprint density at radius 1 is 1.45 bits per heavy atom. The monoisotopic (exact) mass is 278 g/mol. The second-order valence-corrected chi connectivity index (χ2v) is 5.01. The number of hydrogen-bond donors (Lipinski definition) is 1. The molecule has 0 bridgehead atoms. The molecule has 1 aliphatic rings. The molecule has 0 aliphatic carbocycles. The molecule has 108 valence electrons. The summed E-state index contributed by atoms with van der Waals surface area (Å²) in [5.74, 6) is -1.09. The van der Waals surface area contributed by atoms with Crippen molar-refractivity contribution in [1.82, 2.24) is 9.88 Å². The molecule has 2 heterocycles. The van der Waals surface area contributed by atoms with Crippen LogP contribution in [0.2, 0.25) is 0 Å². The van der Waals surface area contributed by atoms with Gasteiger partial charge in [0.1, 0.15) is 5.69 Å². The highest BCUT2D eigenvalue weighted by atomic mass is 16.5. The summed E-state index contributed by atoms with van der Waals surface area (Å²) in [5.41, 5.74) is 2.18. The first-order valence-electron chi connectivity index (χ1n) is 6.53. The minimum atomic E-state index is -0.922. The van der Waals surface area contributed by atoms with Crippen LogP contribution in [0.1, 0.15) is 28.2 Å². The third-order valence-corrected chi connectivity index (χ3v) is 3.15. The van der Waals surface area contributed by atoms with E-state index in [0.29, 0.717) is 25.4 Å². The molecular weight excluding hydrogens is 260 g/mol. The van der Waals surface area contributed by atoms with E-state index in [2.05, 4.69) is 4.98 Å². The number of nitrogens with zero attached hydrogens (tertiary/aromatic N) is 2. The molecule has 1 unspecified atom stereocenters. The fourth-order valence-electron chi connectivity index (χ4n) is 2.33. The van der Waals surface area contributed by atoms with Crippen LogP contribution >= 0.6 is 0 Å². The average molecular weight is 278 g/mol. The summed E-state index contributed by atoms with van der Waals surface area (Å²) in [5, 5.41) is 8.78. The van der Waals surface area contributed by atoms with Gasteiger partial charge in [0.15, 0.2) is 0 Å². The number of aryl methyl sites for hydroxylation is 2. The van der Waals surface area contributed by atoms with Crippen LogP contribution in [0.15, 0.2) is 12.1 Å². The van der Waals surface area contributed by atoms with E-state index >= 15 is 0 Å². The Hall–Kier alpha value is -1.95. The summed E-state index contributed by atoms with van der Waals surface area (Å²) in [6.07, 6.45) is -0.541. The molecule has 1 N–H and O–H groups in total. The van der Waals surface area contributed by atoms with Crippen molar-refractivity contribution >= 4 is 11.9 Å². The number of carboxylic acids is 1. The summed E-state index contributed by atoms with van der Waals surface area (Å²) in [4.78, 5) is 29.0. The lowest BCUT2D eigenvalue weighted by atomic mass is 10.1. The predicted octanol–water partition coefficient (Wildman–Crippen LogP) is 1.01. The van der Waals surface area contributed by atoms with Crippen LogP contribution in [0.5, 0.6) is 0 Å². The summed E-state index contributed by atoms with van der Waals surface area (Å²) < 4.78 is 5.36. The van der Waals surface area contributed by atoms with Gasteiger partial charge < -0.3 is 14.7 Å². The first-order valence-corrected chi connectivity index (χ1v) is 6.53. The van der Waals surface area contributed by atoms with E-state index in [1.54, 1.807) is 11.0 Å². The van der Waals surface area contributed by atoms with Crippen molar-refractivity contribution in [2.45, 2.75) is 26.4 Å². The number of aliphatic carboxylic acids is 1. The molecule has 1 aromatic rings. The molecule has 1 amide bonds. The van der Waals surface area contributed by atoms with Gasteiger partial charge in [0.05, 0.1) is 19.1 Å². The molecule has 6 heteroatoms. The number of carbonyl (C=O) groups is 2. The quantitative estimate of drug-likeness (QED) is 0.892. The van der Waals surface area contributed by atoms with E-state index in [9.17, 15) is 9.59 Å². The lowest BCUT2D eigenvalue weighted by molar-refractivity contribution is -0.141. The van der Waals surface area contributed by atoms with E-state index in [4.69, 9.17) is 9.84 Å². The van der Waals surface area contributed by atoms with E-state index in [0.717, 1.165) is 11.3 Å². The molecule has 1 fully saturated rings. The predicted molar refractivity (Wildman–Crippen MR) is 71.6 cm³/mol. The zero-order valence-electron chi connectivity index (χ0n) is 11.6. The van der Waals surface area contributed by atoms with Gasteiger partial charge in [0.2, 0.25) is 0 Å². The standard InChI is InChI=1S/C14H18N2O4/c1-9-5-10(2)15-12(6-9)14(19)16-3-4-20-11(8-16)7-13(17)18/h5-6,11H,3-4,7-8H2,1-2H3,(H,17,18). The Labute approximate surface area is 117 Å². The van der Waals surface area contributed by atoms with Gasteiger partial charge >= 0.3 is 5.97 Å². The Morgan fingerprint density at radius 3 is 2.85 bits per heavy atom. The Morgan fingerprint density at radius 2 is 2.20 bits per heavy atom. The molecule has 0 spiro atoms. The van der Waals surface area contributed by atoms with E-state index in [1.807, 2.05) is 19.9 Å². The Balaban J connectivity index is 2.10. The number of morpholine rings is 1. The van der Waals surface area contributed by atoms with Gasteiger partial charge in [0, 0.05) is 18.8 Å². The maximum Gasteiger partial charge on any atom is 0.306 e. The summed E-state index contributed by atoms with van der Waals surface area (Å²) >= 11 is 0. The van der Waals surface area contributed by atoms with Crippen LogP contribution in [-0.4, -0.2) is 52.7 Å². The highest BCUT2D eigenvalue weighted by molar-refractivity contribution is 5.92. The molecule has 20 heavy (non-hydrogen) atoms. The molecule has 1 aromatic heterocycles. The fourth-order valence-corrected chi connectivity index (χ4v) is 2.33. The normalized spacial score (nSPS) is 18.9. The van der Waals surface area contributed by atoms with Crippen molar-refractivity contribution in [2.75, 3.05) is 19.7 Å². The largest absolute Gasteiger partial charge is 0.481 e. The molecule has 1 saturated heterocycles. The second-order valence-electron chi connectivity index (χ2n) is 5.01. The van der Waals surface area contributed by atoms with Gasteiger partial charge in [-0.3, -0.25) is 9.59 Å². The summed E-state index contributed by atoms with van der Waals surface area (Å²) in [7, 11) is 0. The lowest BCUT2D eigenvalue weighted by Gasteiger charge is -2.32. The van der Waals surface area contributed by atoms with Crippen molar-refractivity contribution in [3.8, 4) is 0 Å². The molecular formula is C14H18N2O4. The first kappa shape index (κ1) is 14.5. The topological polar surface area (TPSA) is 79.7 Å². The Kier molecular flexibility index (Phi) is 4.34. The van der Waals surface area contributed by atoms with E-state index in [-0.39, 0.29) is 12.3 Å². The van der Waals surface area contributed by atoms with E-state index < -0.39 is 12.1 Å². The van der Waals surface area contributed by atoms with Crippen molar-refractivity contribution in [3.63, 3.8) is 0 Å². The van der Waals surface area contributed by atoms with Crippen molar-refractivity contribution < 1.29 is 19.4 Å². The third-order valence-electron chi connectivity index (χ3n) is 3.15. The minimum absolute atomic E-state index is 0.0932. The van der Waals surface area contributed by atoms with Gasteiger partial charge in [-0.05, 0) is 31.5 Å². The number of rotatable bonds is 3. The highest BCUT2D eigenvalue weighted by Crippen LogP contribution is 2.13. The van der Waals surface area contributed by atoms with Crippen LogP contribution < -0.4 is 0 Å². The van der Waals surface area contributed by atoms with Crippen LogP contribution in [0, 0.1) is 13.8 Å². The highest BCUT2D eigenvalue weighted by Gasteiger charge is 2.27. The van der Waals surface area contributed by atoms with Crippen molar-refractivity contribution in [1.29, 1.82) is 0 Å². The number of ether oxygens (including phenoxy) is 1. The van der Waals surface area contributed by atoms with Crippen LogP contribution in [0.25, 0.3) is 0 Å². The second kappa shape index (κ2) is 6.00. The molecule has 0 aromatic carbocycles. The van der Waals surface area contributed by atoms with Gasteiger partial charge in [0.25, 0.3) is 5.91 Å². The number of carboxylic acid groups (broad SMARTS) is 1. The van der Waals surface area contributed by atoms with Gasteiger partial charge in [-0.25, -0.2) is 4.98 Å². The third kappa shape index (κ3) is 3.54. The van der Waals surface area contributed by atoms with Crippen LogP contribution in [0.3, 0.4) is 0 Å². The first-order chi connectivity index (χ1) is 9.45. The number of pyridine rings is 1. The van der Waals surface area contributed by atoms with Gasteiger partial charge in [-0.2, -0.15) is 0 Å². The zero-order valence-corrected chi connectivity index (χ0v) is 11.6. The summed E-state index contributed by atoms with van der Waals surface area (Å²) in [6.45, 7) is 4.87. The number of hydrogen-bond acceptors (Lipinski definition) is 4. The maximum absolute atomic E-state index is 12.4. The lowest BCUT2D eigenvalue weighted by Crippen LogP contribution is -2.46. The van der Waals surface area contributed by atoms with Crippen LogP contribution in [0.4, 0.5) is 0 Å². The number of amides is 1. The zero-order chi connectivity index (χ0) is 14.7. The smallest absolute Gasteiger partial charge is 0.306 e. The Bertz CT molecular complexity index is 510. The van der Waals surface area contributed by atoms with Crippen LogP contribution in [-0.2, 0) is 9.53 Å². The molecule has 6 nitrogen and oxygen atoms in total. The number of aromatic nitrogens is 1. The minimum Gasteiger partial charge on any atom is -0.481 e. The van der Waals surface area contributed by atoms with Crippen molar-refractivity contribution in [3.05, 3.63) is 29.1 Å². The molecule has 2 rings (SSSR count). The molecule has 0 radical (unpaired) electrons. The molecule has 1 aliphatic heterocycles. The summed E-state index contributed by atoms with van der Waals surface area (Å²) in [6, 6.07) is 3.65. The maximum atomic E-state index is 12.4. The molecule has 1 atom stereocenters. The van der Waals surface area contributed by atoms with E-state index in [1.165, 1.54) is 0 Å². The van der Waals surface area contributed by atoms with Crippen molar-refractivity contribution in [2.24, 2.45) is 0 Å². The SMILES string of the molecule is Cc1cc(C)nc(C(=O)N2CCOC(CC(=O)O)C2)c1. The van der Waals surface area contributed by atoms with Gasteiger partial charge in [-0.15, -0.1) is 0 Å².